The summed E-state index contributed by atoms with van der Waals surface area (Å²) in [5.41, 5.74) is 1.05. The Morgan fingerprint density at radius 2 is 1.97 bits per heavy atom. The van der Waals surface area contributed by atoms with Gasteiger partial charge in [0.2, 0.25) is 5.91 Å². The largest absolute Gasteiger partial charge is 0.480 e. The number of nitrogens with one attached hydrogen (secondary N) is 1. The van der Waals surface area contributed by atoms with Crippen molar-refractivity contribution in [1.82, 2.24) is 15.3 Å². The number of amides is 2. The molecule has 168 valence electrons. The average Bonchev–Trinajstić information content (AvgIpc) is 2.89. The van der Waals surface area contributed by atoms with Gasteiger partial charge in [-0.3, -0.25) is 24.7 Å². The Labute approximate surface area is 181 Å². The van der Waals surface area contributed by atoms with Crippen molar-refractivity contribution >= 4 is 23.8 Å². The maximum absolute atomic E-state index is 13.3. The second-order valence-electron chi connectivity index (χ2n) is 7.78. The van der Waals surface area contributed by atoms with E-state index in [0.717, 1.165) is 10.6 Å². The van der Waals surface area contributed by atoms with E-state index in [9.17, 15) is 24.3 Å². The number of ether oxygens (including phenoxy) is 1. The fourth-order valence-electron chi connectivity index (χ4n) is 4.12. The number of carbonyl (C=O) groups excluding carboxylic acids is 3. The lowest BCUT2D eigenvalue weighted by Crippen LogP contribution is -2.62. The zero-order chi connectivity index (χ0) is 22.4. The van der Waals surface area contributed by atoms with E-state index < -0.39 is 36.0 Å². The van der Waals surface area contributed by atoms with Crippen LogP contribution in [0.15, 0.2) is 30.3 Å². The van der Waals surface area contributed by atoms with E-state index in [1.165, 1.54) is 5.01 Å². The number of carboxylic acids is 1. The lowest BCUT2D eigenvalue weighted by atomic mass is 10.0. The van der Waals surface area contributed by atoms with Gasteiger partial charge in [-0.15, -0.1) is 0 Å². The number of hydrogen-bond acceptors (Lipinski definition) is 6. The van der Waals surface area contributed by atoms with Gasteiger partial charge < -0.3 is 9.84 Å². The molecule has 0 saturated carbocycles. The maximum Gasteiger partial charge on any atom is 0.328 e. The van der Waals surface area contributed by atoms with E-state index in [-0.39, 0.29) is 31.8 Å². The summed E-state index contributed by atoms with van der Waals surface area (Å²) >= 11 is 0. The number of esters is 1. The number of fused-ring (bicyclic) bond motifs is 1. The van der Waals surface area contributed by atoms with Crippen LogP contribution >= 0.6 is 0 Å². The van der Waals surface area contributed by atoms with Crippen molar-refractivity contribution in [3.8, 4) is 0 Å². The highest BCUT2D eigenvalue weighted by Gasteiger charge is 2.45. The Morgan fingerprint density at radius 3 is 2.65 bits per heavy atom. The SMILES string of the molecule is CCOC(=O)[C@@H](CCc1ccccc1)N[C@H]1CCC(=O)N2CCC[C@@H](C(=O)O)N2C1=O. The second-order valence-corrected chi connectivity index (χ2v) is 7.78. The fraction of sp³-hybridized carbons (Fsp3) is 0.545. The Morgan fingerprint density at radius 1 is 1.23 bits per heavy atom. The lowest BCUT2D eigenvalue weighted by molar-refractivity contribution is -0.181. The van der Waals surface area contributed by atoms with Gasteiger partial charge in [0.05, 0.1) is 12.6 Å². The summed E-state index contributed by atoms with van der Waals surface area (Å²) in [6.07, 6.45) is 2.11. The highest BCUT2D eigenvalue weighted by atomic mass is 16.5. The van der Waals surface area contributed by atoms with E-state index in [2.05, 4.69) is 5.32 Å². The van der Waals surface area contributed by atoms with E-state index in [1.54, 1.807) is 6.92 Å². The molecule has 3 atom stereocenters. The molecule has 2 heterocycles. The summed E-state index contributed by atoms with van der Waals surface area (Å²) in [6, 6.07) is 6.98. The van der Waals surface area contributed by atoms with Crippen LogP contribution in [0.1, 0.15) is 44.6 Å². The number of benzene rings is 1. The van der Waals surface area contributed by atoms with Crippen LogP contribution in [0, 0.1) is 0 Å². The molecule has 2 amide bonds. The molecule has 0 bridgehead atoms. The molecule has 9 nitrogen and oxygen atoms in total. The molecule has 2 saturated heterocycles. The first-order chi connectivity index (χ1) is 14.9. The molecule has 0 aromatic heterocycles. The third kappa shape index (κ3) is 5.41. The first-order valence-corrected chi connectivity index (χ1v) is 10.7. The highest BCUT2D eigenvalue weighted by Crippen LogP contribution is 2.25. The lowest BCUT2D eigenvalue weighted by Gasteiger charge is -2.42. The molecule has 0 spiro atoms. The summed E-state index contributed by atoms with van der Waals surface area (Å²) in [5.74, 6) is -2.38. The maximum atomic E-state index is 13.3. The number of hydrazine groups is 1. The van der Waals surface area contributed by atoms with Crippen molar-refractivity contribution in [3.05, 3.63) is 35.9 Å². The quantitative estimate of drug-likeness (QED) is 0.593. The van der Waals surface area contributed by atoms with Crippen molar-refractivity contribution in [1.29, 1.82) is 0 Å². The van der Waals surface area contributed by atoms with Gasteiger partial charge in [0.15, 0.2) is 6.04 Å². The van der Waals surface area contributed by atoms with Gasteiger partial charge in [0.25, 0.3) is 5.91 Å². The number of aryl methyl sites for hydroxylation is 1. The summed E-state index contributed by atoms with van der Waals surface area (Å²) in [7, 11) is 0. The number of hydrogen-bond donors (Lipinski definition) is 2. The molecular formula is C22H29N3O6. The van der Waals surface area contributed by atoms with Gasteiger partial charge in [0.1, 0.15) is 6.04 Å². The zero-order valence-corrected chi connectivity index (χ0v) is 17.7. The standard InChI is InChI=1S/C22H29N3O6/c1-2-31-22(30)17(11-10-15-7-4-3-5-8-15)23-16-12-13-19(26)24-14-6-9-18(21(28)29)25(24)20(16)27/h3-5,7-8,16-18,23H,2,6,9-14H2,1H3,(H,28,29)/t16-,17+,18-/m0/s1. The topological polar surface area (TPSA) is 116 Å². The van der Waals surface area contributed by atoms with Crippen LogP contribution in [0.25, 0.3) is 0 Å². The van der Waals surface area contributed by atoms with Gasteiger partial charge >= 0.3 is 11.9 Å². The number of rotatable bonds is 8. The highest BCUT2D eigenvalue weighted by molar-refractivity contribution is 5.92. The number of aliphatic carboxylic acids is 1. The minimum atomic E-state index is -1.14. The number of carbonyl (C=O) groups is 4. The predicted molar refractivity (Wildman–Crippen MR) is 111 cm³/mol. The van der Waals surface area contributed by atoms with Crippen LogP contribution in [-0.2, 0) is 30.3 Å². The molecule has 1 aromatic carbocycles. The first kappa shape index (κ1) is 22.7. The minimum Gasteiger partial charge on any atom is -0.480 e. The van der Waals surface area contributed by atoms with Crippen molar-refractivity contribution in [2.75, 3.05) is 13.2 Å². The summed E-state index contributed by atoms with van der Waals surface area (Å²) in [4.78, 5) is 50.1. The molecule has 2 N–H and O–H groups in total. The summed E-state index contributed by atoms with van der Waals surface area (Å²) in [5, 5.41) is 15.0. The molecule has 2 fully saturated rings. The van der Waals surface area contributed by atoms with E-state index in [0.29, 0.717) is 25.8 Å². The molecule has 3 rings (SSSR count). The van der Waals surface area contributed by atoms with Gasteiger partial charge in [0, 0.05) is 13.0 Å². The number of nitrogens with zero attached hydrogens (tertiary/aromatic N) is 2. The third-order valence-corrected chi connectivity index (χ3v) is 5.68. The van der Waals surface area contributed by atoms with Gasteiger partial charge in [-0.05, 0) is 44.6 Å². The van der Waals surface area contributed by atoms with Crippen molar-refractivity contribution in [2.45, 2.75) is 63.6 Å². The van der Waals surface area contributed by atoms with Crippen LogP contribution < -0.4 is 5.32 Å². The van der Waals surface area contributed by atoms with Crippen molar-refractivity contribution in [2.24, 2.45) is 0 Å². The summed E-state index contributed by atoms with van der Waals surface area (Å²) in [6.45, 7) is 2.24. The van der Waals surface area contributed by atoms with E-state index in [1.807, 2.05) is 30.3 Å². The van der Waals surface area contributed by atoms with Gasteiger partial charge in [-0.25, -0.2) is 9.80 Å². The molecule has 2 aliphatic rings. The molecule has 0 aliphatic carbocycles. The Bertz CT molecular complexity index is 815. The third-order valence-electron chi connectivity index (χ3n) is 5.68. The summed E-state index contributed by atoms with van der Waals surface area (Å²) < 4.78 is 5.19. The first-order valence-electron chi connectivity index (χ1n) is 10.7. The fourth-order valence-corrected chi connectivity index (χ4v) is 4.12. The van der Waals surface area contributed by atoms with E-state index >= 15 is 0 Å². The molecule has 0 unspecified atom stereocenters. The van der Waals surface area contributed by atoms with E-state index in [4.69, 9.17) is 4.74 Å². The van der Waals surface area contributed by atoms with Crippen LogP contribution in [-0.4, -0.2) is 70.2 Å². The molecule has 9 heteroatoms. The monoisotopic (exact) mass is 431 g/mol. The van der Waals surface area contributed by atoms with Crippen molar-refractivity contribution in [3.63, 3.8) is 0 Å². The van der Waals surface area contributed by atoms with Gasteiger partial charge in [-0.2, -0.15) is 0 Å². The molecule has 1 aromatic rings. The molecule has 31 heavy (non-hydrogen) atoms. The average molecular weight is 431 g/mol. The molecular weight excluding hydrogens is 402 g/mol. The minimum absolute atomic E-state index is 0.0977. The number of carboxylic acid groups (broad SMARTS) is 1. The molecule has 2 aliphatic heterocycles. The zero-order valence-electron chi connectivity index (χ0n) is 17.7. The Hall–Kier alpha value is -2.94. The van der Waals surface area contributed by atoms with Crippen LogP contribution in [0.5, 0.6) is 0 Å². The van der Waals surface area contributed by atoms with Crippen LogP contribution in [0.4, 0.5) is 0 Å². The van der Waals surface area contributed by atoms with Crippen LogP contribution in [0.2, 0.25) is 0 Å². The normalized spacial score (nSPS) is 22.5. The molecule has 0 radical (unpaired) electrons. The van der Waals surface area contributed by atoms with Crippen molar-refractivity contribution < 1.29 is 29.0 Å². The Balaban J connectivity index is 1.78. The van der Waals surface area contributed by atoms with Gasteiger partial charge in [-0.1, -0.05) is 30.3 Å². The second kappa shape index (κ2) is 10.4. The Kier molecular flexibility index (Phi) is 7.62. The predicted octanol–water partition coefficient (Wildman–Crippen LogP) is 1.12. The smallest absolute Gasteiger partial charge is 0.328 e. The van der Waals surface area contributed by atoms with Crippen LogP contribution in [0.3, 0.4) is 0 Å².